The Labute approximate surface area is 98.3 Å². The molecule has 0 atom stereocenters. The Kier molecular flexibility index (Phi) is 6.59. The zero-order chi connectivity index (χ0) is 12.8. The Morgan fingerprint density at radius 3 is 2.31 bits per heavy atom. The monoisotopic (exact) mass is 250 g/mol. The van der Waals surface area contributed by atoms with Gasteiger partial charge in [-0.2, -0.15) is 0 Å². The van der Waals surface area contributed by atoms with E-state index in [9.17, 15) is 13.2 Å². The quantitative estimate of drug-likeness (QED) is 0.712. The first-order chi connectivity index (χ1) is 7.25. The van der Waals surface area contributed by atoms with Crippen molar-refractivity contribution >= 4 is 15.9 Å². The van der Waals surface area contributed by atoms with Gasteiger partial charge in [0.1, 0.15) is 0 Å². The van der Waals surface area contributed by atoms with Gasteiger partial charge in [-0.05, 0) is 12.3 Å². The average Bonchev–Trinajstić information content (AvgIpc) is 2.14. The predicted molar refractivity (Wildman–Crippen MR) is 64.6 cm³/mol. The molecule has 5 nitrogen and oxygen atoms in total. The summed E-state index contributed by atoms with van der Waals surface area (Å²) in [6.45, 7) is 4.75. The van der Waals surface area contributed by atoms with Gasteiger partial charge in [-0.3, -0.25) is 4.79 Å². The zero-order valence-electron chi connectivity index (χ0n) is 10.5. The van der Waals surface area contributed by atoms with Gasteiger partial charge < -0.3 is 5.32 Å². The Bertz CT molecular complexity index is 310. The van der Waals surface area contributed by atoms with Gasteiger partial charge in [0.25, 0.3) is 0 Å². The fourth-order valence-corrected chi connectivity index (χ4v) is 1.80. The lowest BCUT2D eigenvalue weighted by molar-refractivity contribution is -0.120. The molecule has 0 saturated heterocycles. The maximum absolute atomic E-state index is 11.4. The summed E-state index contributed by atoms with van der Waals surface area (Å²) >= 11 is 0. The van der Waals surface area contributed by atoms with Gasteiger partial charge >= 0.3 is 0 Å². The lowest BCUT2D eigenvalue weighted by Crippen LogP contribution is -2.31. The summed E-state index contributed by atoms with van der Waals surface area (Å²) in [4.78, 5) is 11.3. The molecule has 0 rings (SSSR count). The molecule has 0 aromatic rings. The molecule has 0 radical (unpaired) electrons. The molecule has 0 aromatic carbocycles. The molecule has 0 bridgehead atoms. The van der Waals surface area contributed by atoms with Crippen LogP contribution in [0.25, 0.3) is 0 Å². The minimum atomic E-state index is -3.26. The molecule has 0 aliphatic rings. The van der Waals surface area contributed by atoms with Crippen LogP contribution in [0.2, 0.25) is 0 Å². The van der Waals surface area contributed by atoms with Gasteiger partial charge in [-0.15, -0.1) is 0 Å². The van der Waals surface area contributed by atoms with Crippen molar-refractivity contribution in [3.8, 4) is 0 Å². The van der Waals surface area contributed by atoms with Crippen molar-refractivity contribution in [1.82, 2.24) is 9.62 Å². The third kappa shape index (κ3) is 6.79. The van der Waals surface area contributed by atoms with Crippen molar-refractivity contribution in [2.75, 3.05) is 26.4 Å². The summed E-state index contributed by atoms with van der Waals surface area (Å²) in [5, 5.41) is 2.70. The van der Waals surface area contributed by atoms with E-state index in [4.69, 9.17) is 0 Å². The number of hydrogen-bond donors (Lipinski definition) is 1. The topological polar surface area (TPSA) is 66.5 Å². The molecule has 0 heterocycles. The highest BCUT2D eigenvalue weighted by molar-refractivity contribution is 7.89. The third-order valence-corrected chi connectivity index (χ3v) is 4.02. The molecule has 0 aliphatic carbocycles. The van der Waals surface area contributed by atoms with Crippen LogP contribution in [0.1, 0.15) is 26.7 Å². The second-order valence-corrected chi connectivity index (χ2v) is 6.68. The number of amides is 1. The third-order valence-electron chi connectivity index (χ3n) is 2.19. The zero-order valence-corrected chi connectivity index (χ0v) is 11.3. The second-order valence-electron chi connectivity index (χ2n) is 4.38. The first-order valence-corrected chi connectivity index (χ1v) is 7.03. The Morgan fingerprint density at radius 1 is 1.31 bits per heavy atom. The predicted octanol–water partition coefficient (Wildman–Crippen LogP) is 0.430. The van der Waals surface area contributed by atoms with Crippen LogP contribution in [0.15, 0.2) is 0 Å². The van der Waals surface area contributed by atoms with Crippen LogP contribution in [0.3, 0.4) is 0 Å². The molecule has 0 fully saturated rings. The molecule has 16 heavy (non-hydrogen) atoms. The van der Waals surface area contributed by atoms with E-state index in [0.29, 0.717) is 12.5 Å². The lowest BCUT2D eigenvalue weighted by Gasteiger charge is -2.11. The Morgan fingerprint density at radius 2 is 1.88 bits per heavy atom. The van der Waals surface area contributed by atoms with E-state index in [1.165, 1.54) is 14.1 Å². The second kappa shape index (κ2) is 6.85. The van der Waals surface area contributed by atoms with E-state index < -0.39 is 10.0 Å². The molecule has 0 spiro atoms. The van der Waals surface area contributed by atoms with Gasteiger partial charge in [0.2, 0.25) is 15.9 Å². The van der Waals surface area contributed by atoms with Crippen LogP contribution in [0, 0.1) is 5.92 Å². The summed E-state index contributed by atoms with van der Waals surface area (Å²) in [6, 6.07) is 0. The largest absolute Gasteiger partial charge is 0.356 e. The van der Waals surface area contributed by atoms with Crippen LogP contribution in [0.5, 0.6) is 0 Å². The van der Waals surface area contributed by atoms with Gasteiger partial charge in [0, 0.05) is 27.1 Å². The number of nitrogens with one attached hydrogen (secondary N) is 1. The molecule has 0 aliphatic heterocycles. The minimum absolute atomic E-state index is 0.0264. The van der Waals surface area contributed by atoms with Gasteiger partial charge in [0.15, 0.2) is 0 Å². The standard InChI is InChI=1S/C10H22N2O3S/c1-9(2)5-7-11-10(13)6-8-16(14,15)12(3)4/h9H,5-8H2,1-4H3,(H,11,13). The van der Waals surface area contributed by atoms with E-state index in [0.717, 1.165) is 10.7 Å². The Hall–Kier alpha value is -0.620. The van der Waals surface area contributed by atoms with Crippen molar-refractivity contribution in [2.24, 2.45) is 5.92 Å². The summed E-state index contributed by atoms with van der Waals surface area (Å²) in [5.41, 5.74) is 0. The van der Waals surface area contributed by atoms with Crippen molar-refractivity contribution in [3.63, 3.8) is 0 Å². The number of carbonyl (C=O) groups is 1. The molecule has 0 aromatic heterocycles. The molecule has 6 heteroatoms. The van der Waals surface area contributed by atoms with Crippen molar-refractivity contribution < 1.29 is 13.2 Å². The van der Waals surface area contributed by atoms with Crippen LogP contribution in [-0.4, -0.2) is 45.0 Å². The number of rotatable bonds is 7. The van der Waals surface area contributed by atoms with E-state index >= 15 is 0 Å². The molecular formula is C10H22N2O3S. The highest BCUT2D eigenvalue weighted by Gasteiger charge is 2.15. The minimum Gasteiger partial charge on any atom is -0.356 e. The van der Waals surface area contributed by atoms with E-state index in [1.807, 2.05) is 0 Å². The van der Waals surface area contributed by atoms with Crippen molar-refractivity contribution in [3.05, 3.63) is 0 Å². The maximum Gasteiger partial charge on any atom is 0.221 e. The highest BCUT2D eigenvalue weighted by Crippen LogP contribution is 1.99. The first-order valence-electron chi connectivity index (χ1n) is 5.42. The number of sulfonamides is 1. The van der Waals surface area contributed by atoms with Crippen molar-refractivity contribution in [2.45, 2.75) is 26.7 Å². The molecular weight excluding hydrogens is 228 g/mol. The van der Waals surface area contributed by atoms with Crippen LogP contribution >= 0.6 is 0 Å². The molecule has 0 saturated carbocycles. The summed E-state index contributed by atoms with van der Waals surface area (Å²) in [5.74, 6) is 0.199. The fraction of sp³-hybridized carbons (Fsp3) is 0.900. The highest BCUT2D eigenvalue weighted by atomic mass is 32.2. The van der Waals surface area contributed by atoms with E-state index in [-0.39, 0.29) is 18.1 Å². The maximum atomic E-state index is 11.4. The molecule has 96 valence electrons. The van der Waals surface area contributed by atoms with E-state index in [1.54, 1.807) is 0 Å². The smallest absolute Gasteiger partial charge is 0.221 e. The number of hydrogen-bond acceptors (Lipinski definition) is 3. The van der Waals surface area contributed by atoms with Crippen molar-refractivity contribution in [1.29, 1.82) is 0 Å². The van der Waals surface area contributed by atoms with E-state index in [2.05, 4.69) is 19.2 Å². The molecule has 1 N–H and O–H groups in total. The number of nitrogens with zero attached hydrogens (tertiary/aromatic N) is 1. The average molecular weight is 250 g/mol. The summed E-state index contributed by atoms with van der Waals surface area (Å²) in [7, 11) is -0.334. The summed E-state index contributed by atoms with van der Waals surface area (Å²) in [6.07, 6.45) is 0.935. The molecule has 0 unspecified atom stereocenters. The lowest BCUT2D eigenvalue weighted by atomic mass is 10.1. The van der Waals surface area contributed by atoms with Crippen LogP contribution in [0.4, 0.5) is 0 Å². The normalized spacial score (nSPS) is 12.1. The van der Waals surface area contributed by atoms with Gasteiger partial charge in [0.05, 0.1) is 5.75 Å². The van der Waals surface area contributed by atoms with Gasteiger partial charge in [-0.25, -0.2) is 12.7 Å². The van der Waals surface area contributed by atoms with Crippen LogP contribution < -0.4 is 5.32 Å². The van der Waals surface area contributed by atoms with Gasteiger partial charge in [-0.1, -0.05) is 13.8 Å². The Balaban J connectivity index is 3.83. The summed E-state index contributed by atoms with van der Waals surface area (Å²) < 4.78 is 23.9. The SMILES string of the molecule is CC(C)CCNC(=O)CCS(=O)(=O)N(C)C. The van der Waals surface area contributed by atoms with Crippen LogP contribution in [-0.2, 0) is 14.8 Å². The fourth-order valence-electron chi connectivity index (χ4n) is 0.993. The number of carbonyl (C=O) groups excluding carboxylic acids is 1. The molecule has 1 amide bonds. The first kappa shape index (κ1) is 15.4.